The normalized spacial score (nSPS) is 22.1. The summed E-state index contributed by atoms with van der Waals surface area (Å²) in [5.74, 6) is 0.666. The second-order valence-corrected chi connectivity index (χ2v) is 4.54. The van der Waals surface area contributed by atoms with E-state index in [1.165, 1.54) is 18.4 Å². The SMILES string of the molecule is CC(C)Cn1cc([C@H]2CCCN2)cn1. The van der Waals surface area contributed by atoms with Gasteiger partial charge < -0.3 is 5.32 Å². The van der Waals surface area contributed by atoms with Gasteiger partial charge in [-0.25, -0.2) is 0 Å². The summed E-state index contributed by atoms with van der Waals surface area (Å²) in [5, 5.41) is 7.86. The number of rotatable bonds is 3. The molecule has 1 saturated heterocycles. The summed E-state index contributed by atoms with van der Waals surface area (Å²) in [4.78, 5) is 0. The molecule has 0 aliphatic carbocycles. The van der Waals surface area contributed by atoms with Gasteiger partial charge in [0.15, 0.2) is 0 Å². The van der Waals surface area contributed by atoms with Gasteiger partial charge in [0.25, 0.3) is 0 Å². The molecule has 1 atom stereocenters. The lowest BCUT2D eigenvalue weighted by Gasteiger charge is -2.06. The molecule has 0 aromatic carbocycles. The molecular weight excluding hydrogens is 174 g/mol. The smallest absolute Gasteiger partial charge is 0.0537 e. The maximum Gasteiger partial charge on any atom is 0.0537 e. The van der Waals surface area contributed by atoms with E-state index >= 15 is 0 Å². The molecule has 14 heavy (non-hydrogen) atoms. The molecule has 0 unspecified atom stereocenters. The van der Waals surface area contributed by atoms with Gasteiger partial charge in [0.2, 0.25) is 0 Å². The predicted octanol–water partition coefficient (Wildman–Crippen LogP) is 1.96. The molecule has 0 amide bonds. The molecule has 1 aliphatic heterocycles. The van der Waals surface area contributed by atoms with Crippen molar-refractivity contribution in [2.24, 2.45) is 5.92 Å². The van der Waals surface area contributed by atoms with Crippen molar-refractivity contribution in [1.82, 2.24) is 15.1 Å². The Labute approximate surface area is 85.5 Å². The summed E-state index contributed by atoms with van der Waals surface area (Å²) in [5.41, 5.74) is 1.35. The topological polar surface area (TPSA) is 29.9 Å². The zero-order valence-electron chi connectivity index (χ0n) is 9.03. The summed E-state index contributed by atoms with van der Waals surface area (Å²) >= 11 is 0. The van der Waals surface area contributed by atoms with Crippen LogP contribution < -0.4 is 5.32 Å². The molecule has 0 radical (unpaired) electrons. The number of nitrogens with one attached hydrogen (secondary N) is 1. The molecule has 0 spiro atoms. The molecule has 1 aliphatic rings. The van der Waals surface area contributed by atoms with E-state index in [1.807, 2.05) is 6.20 Å². The van der Waals surface area contributed by atoms with Gasteiger partial charge in [0.1, 0.15) is 0 Å². The summed E-state index contributed by atoms with van der Waals surface area (Å²) in [6.07, 6.45) is 6.74. The fourth-order valence-electron chi connectivity index (χ4n) is 2.00. The van der Waals surface area contributed by atoms with E-state index in [4.69, 9.17) is 0 Å². The lowest BCUT2D eigenvalue weighted by molar-refractivity contribution is 0.482. The molecule has 0 bridgehead atoms. The highest BCUT2D eigenvalue weighted by Gasteiger charge is 2.17. The average molecular weight is 193 g/mol. The molecule has 2 heterocycles. The molecule has 78 valence electrons. The predicted molar refractivity (Wildman–Crippen MR) is 57.0 cm³/mol. The highest BCUT2D eigenvalue weighted by molar-refractivity contribution is 5.11. The van der Waals surface area contributed by atoms with E-state index in [2.05, 4.69) is 35.1 Å². The highest BCUT2D eigenvalue weighted by atomic mass is 15.3. The number of hydrogen-bond donors (Lipinski definition) is 1. The second-order valence-electron chi connectivity index (χ2n) is 4.54. The van der Waals surface area contributed by atoms with E-state index < -0.39 is 0 Å². The molecule has 2 rings (SSSR count). The first-order chi connectivity index (χ1) is 6.75. The molecule has 0 saturated carbocycles. The first-order valence-electron chi connectivity index (χ1n) is 5.51. The minimum Gasteiger partial charge on any atom is -0.310 e. The minimum absolute atomic E-state index is 0.552. The zero-order chi connectivity index (χ0) is 9.97. The van der Waals surface area contributed by atoms with Crippen LogP contribution in [-0.2, 0) is 6.54 Å². The standard InChI is InChI=1S/C11H19N3/c1-9(2)7-14-8-10(6-13-14)11-4-3-5-12-11/h6,8-9,11-12H,3-5,7H2,1-2H3/t11-/m1/s1. The maximum atomic E-state index is 4.38. The van der Waals surface area contributed by atoms with E-state index in [0.717, 1.165) is 13.1 Å². The van der Waals surface area contributed by atoms with Gasteiger partial charge in [0, 0.05) is 24.3 Å². The Kier molecular flexibility index (Phi) is 2.87. The monoisotopic (exact) mass is 193 g/mol. The van der Waals surface area contributed by atoms with Crippen molar-refractivity contribution in [3.05, 3.63) is 18.0 Å². The van der Waals surface area contributed by atoms with Gasteiger partial charge in [-0.15, -0.1) is 0 Å². The second kappa shape index (κ2) is 4.13. The number of hydrogen-bond acceptors (Lipinski definition) is 2. The third-order valence-corrected chi connectivity index (χ3v) is 2.67. The van der Waals surface area contributed by atoms with Crippen molar-refractivity contribution < 1.29 is 0 Å². The van der Waals surface area contributed by atoms with Gasteiger partial charge in [0.05, 0.1) is 6.20 Å². The Morgan fingerprint density at radius 1 is 1.64 bits per heavy atom. The number of aromatic nitrogens is 2. The molecule has 3 heteroatoms. The highest BCUT2D eigenvalue weighted by Crippen LogP contribution is 2.22. The Morgan fingerprint density at radius 2 is 2.50 bits per heavy atom. The first-order valence-corrected chi connectivity index (χ1v) is 5.51. The van der Waals surface area contributed by atoms with Crippen LogP contribution in [0.4, 0.5) is 0 Å². The lowest BCUT2D eigenvalue weighted by atomic mass is 10.1. The minimum atomic E-state index is 0.552. The Balaban J connectivity index is 2.01. The third kappa shape index (κ3) is 2.15. The quantitative estimate of drug-likeness (QED) is 0.795. The van der Waals surface area contributed by atoms with E-state index in [1.54, 1.807) is 0 Å². The maximum absolute atomic E-state index is 4.38. The summed E-state index contributed by atoms with van der Waals surface area (Å²) in [7, 11) is 0. The van der Waals surface area contributed by atoms with Crippen molar-refractivity contribution in [3.8, 4) is 0 Å². The lowest BCUT2D eigenvalue weighted by Crippen LogP contribution is -2.12. The van der Waals surface area contributed by atoms with Crippen LogP contribution in [0.25, 0.3) is 0 Å². The Bertz CT molecular complexity index is 284. The van der Waals surface area contributed by atoms with Crippen LogP contribution in [0.2, 0.25) is 0 Å². The van der Waals surface area contributed by atoms with Crippen LogP contribution in [-0.4, -0.2) is 16.3 Å². The zero-order valence-corrected chi connectivity index (χ0v) is 9.03. The largest absolute Gasteiger partial charge is 0.310 e. The van der Waals surface area contributed by atoms with E-state index in [9.17, 15) is 0 Å². The molecule has 1 fully saturated rings. The number of nitrogens with zero attached hydrogens (tertiary/aromatic N) is 2. The van der Waals surface area contributed by atoms with E-state index in [0.29, 0.717) is 12.0 Å². The van der Waals surface area contributed by atoms with Crippen LogP contribution >= 0.6 is 0 Å². The van der Waals surface area contributed by atoms with Crippen molar-refractivity contribution in [2.75, 3.05) is 6.54 Å². The van der Waals surface area contributed by atoms with Crippen molar-refractivity contribution in [3.63, 3.8) is 0 Å². The summed E-state index contributed by atoms with van der Waals surface area (Å²) in [6.45, 7) is 6.61. The van der Waals surface area contributed by atoms with Crippen LogP contribution in [0.1, 0.15) is 38.3 Å². The Morgan fingerprint density at radius 3 is 3.14 bits per heavy atom. The molecule has 1 aromatic heterocycles. The van der Waals surface area contributed by atoms with Gasteiger partial charge in [-0.3, -0.25) is 4.68 Å². The Hall–Kier alpha value is -0.830. The average Bonchev–Trinajstić information content (AvgIpc) is 2.69. The van der Waals surface area contributed by atoms with Crippen LogP contribution in [0.5, 0.6) is 0 Å². The molecular formula is C11H19N3. The van der Waals surface area contributed by atoms with Gasteiger partial charge in [-0.05, 0) is 25.3 Å². The van der Waals surface area contributed by atoms with Crippen LogP contribution in [0.15, 0.2) is 12.4 Å². The summed E-state index contributed by atoms with van der Waals surface area (Å²) < 4.78 is 2.06. The van der Waals surface area contributed by atoms with Gasteiger partial charge in [-0.1, -0.05) is 13.8 Å². The van der Waals surface area contributed by atoms with Crippen molar-refractivity contribution >= 4 is 0 Å². The molecule has 1 aromatic rings. The van der Waals surface area contributed by atoms with Crippen molar-refractivity contribution in [1.29, 1.82) is 0 Å². The van der Waals surface area contributed by atoms with Gasteiger partial charge >= 0.3 is 0 Å². The van der Waals surface area contributed by atoms with Crippen LogP contribution in [0, 0.1) is 5.92 Å². The first kappa shape index (κ1) is 9.71. The van der Waals surface area contributed by atoms with Gasteiger partial charge in [-0.2, -0.15) is 5.10 Å². The van der Waals surface area contributed by atoms with E-state index in [-0.39, 0.29) is 0 Å². The van der Waals surface area contributed by atoms with Crippen molar-refractivity contribution in [2.45, 2.75) is 39.3 Å². The fourth-order valence-corrected chi connectivity index (χ4v) is 2.00. The molecule has 3 nitrogen and oxygen atoms in total. The summed E-state index contributed by atoms with van der Waals surface area (Å²) in [6, 6.07) is 0.552. The van der Waals surface area contributed by atoms with Crippen LogP contribution in [0.3, 0.4) is 0 Å². The molecule has 1 N–H and O–H groups in total. The fraction of sp³-hybridized carbons (Fsp3) is 0.727. The third-order valence-electron chi connectivity index (χ3n) is 2.67.